The number of carbonyl (C=O) groups is 4. The van der Waals surface area contributed by atoms with Gasteiger partial charge in [0.05, 0.1) is 16.7 Å². The van der Waals surface area contributed by atoms with E-state index in [4.69, 9.17) is 11.5 Å². The molecule has 8 heteroatoms. The molecular weight excluding hydrogens is 725 g/mol. The van der Waals surface area contributed by atoms with Gasteiger partial charge in [-0.25, -0.2) is 9.59 Å². The van der Waals surface area contributed by atoms with Crippen LogP contribution in [0.5, 0.6) is 0 Å². The summed E-state index contributed by atoms with van der Waals surface area (Å²) in [5.41, 5.74) is 15.3. The Morgan fingerprint density at radius 2 is 0.828 bits per heavy atom. The maximum absolute atomic E-state index is 14.4. The van der Waals surface area contributed by atoms with Gasteiger partial charge in [0.2, 0.25) is 11.8 Å². The number of benzene rings is 5. The summed E-state index contributed by atoms with van der Waals surface area (Å²) < 4.78 is 0. The molecule has 0 aliphatic rings. The highest BCUT2D eigenvalue weighted by Gasteiger charge is 2.34. The third-order valence-corrected chi connectivity index (χ3v) is 12.7. The topological polar surface area (TPSA) is 161 Å². The summed E-state index contributed by atoms with van der Waals surface area (Å²) in [7, 11) is 0. The third kappa shape index (κ3) is 9.27. The van der Waals surface area contributed by atoms with Crippen LogP contribution < -0.4 is 11.5 Å². The van der Waals surface area contributed by atoms with Gasteiger partial charge in [0.25, 0.3) is 0 Å². The van der Waals surface area contributed by atoms with Crippen LogP contribution in [-0.2, 0) is 0 Å². The summed E-state index contributed by atoms with van der Waals surface area (Å²) >= 11 is 0. The van der Waals surface area contributed by atoms with Gasteiger partial charge in [0.1, 0.15) is 0 Å². The number of aromatic carboxylic acids is 2. The van der Waals surface area contributed by atoms with E-state index < -0.39 is 23.8 Å². The molecule has 8 nitrogen and oxygen atoms in total. The molecule has 0 aliphatic carbocycles. The number of unbranched alkanes of at least 4 members (excludes halogenated alkanes) is 12. The van der Waals surface area contributed by atoms with Crippen LogP contribution in [0.1, 0.15) is 221 Å². The predicted molar refractivity (Wildman–Crippen MR) is 239 cm³/mol. The van der Waals surface area contributed by atoms with Crippen molar-refractivity contribution in [3.63, 3.8) is 0 Å². The molecule has 0 heterocycles. The molecule has 0 saturated heterocycles. The Labute approximate surface area is 344 Å². The Hall–Kier alpha value is -4.72. The second-order valence-corrected chi connectivity index (χ2v) is 16.7. The second-order valence-electron chi connectivity index (χ2n) is 16.7. The molecule has 5 aromatic rings. The maximum Gasteiger partial charge on any atom is 0.336 e. The van der Waals surface area contributed by atoms with E-state index in [2.05, 4.69) is 27.7 Å². The monoisotopic (exact) mass is 790 g/mol. The molecule has 0 atom stereocenters. The lowest BCUT2D eigenvalue weighted by molar-refractivity contribution is 0.0695. The van der Waals surface area contributed by atoms with Crippen LogP contribution >= 0.6 is 0 Å². The molecule has 6 N–H and O–H groups in total. The van der Waals surface area contributed by atoms with Crippen molar-refractivity contribution >= 4 is 66.8 Å². The first-order valence-electron chi connectivity index (χ1n) is 22.4. The highest BCUT2D eigenvalue weighted by Crippen LogP contribution is 2.52. The van der Waals surface area contributed by atoms with E-state index in [1.807, 2.05) is 12.1 Å². The molecule has 0 bridgehead atoms. The number of hydrogen-bond acceptors (Lipinski definition) is 4. The van der Waals surface area contributed by atoms with Crippen LogP contribution in [0, 0.1) is 0 Å². The molecule has 0 fully saturated rings. The van der Waals surface area contributed by atoms with Gasteiger partial charge in [-0.1, -0.05) is 149 Å². The lowest BCUT2D eigenvalue weighted by Gasteiger charge is -2.32. The van der Waals surface area contributed by atoms with Gasteiger partial charge in [-0.15, -0.1) is 0 Å². The molecule has 0 aromatic heterocycles. The van der Waals surface area contributed by atoms with Crippen LogP contribution in [0.15, 0.2) is 36.4 Å². The summed E-state index contributed by atoms with van der Waals surface area (Å²) in [6.07, 6.45) is 20.7. The van der Waals surface area contributed by atoms with Crippen molar-refractivity contribution in [3.8, 4) is 0 Å². The smallest absolute Gasteiger partial charge is 0.336 e. The predicted octanol–water partition coefficient (Wildman–Crippen LogP) is 13.4. The van der Waals surface area contributed by atoms with Gasteiger partial charge in [-0.05, 0) is 99.2 Å². The number of amides is 2. The number of carbonyl (C=O) groups excluding carboxylic acids is 2. The zero-order chi connectivity index (χ0) is 41.9. The van der Waals surface area contributed by atoms with Crippen molar-refractivity contribution in [2.75, 3.05) is 0 Å². The molecule has 0 unspecified atom stereocenters. The lowest BCUT2D eigenvalue weighted by Crippen LogP contribution is -2.23. The van der Waals surface area contributed by atoms with Crippen molar-refractivity contribution in [1.29, 1.82) is 0 Å². The Kier molecular flexibility index (Phi) is 15.9. The maximum atomic E-state index is 14.4. The number of rotatable bonds is 26. The average Bonchev–Trinajstić information content (AvgIpc) is 3.20. The summed E-state index contributed by atoms with van der Waals surface area (Å²) in [5, 5.41) is 25.9. The van der Waals surface area contributed by atoms with Gasteiger partial charge in [0.15, 0.2) is 0 Å². The van der Waals surface area contributed by atoms with Crippen LogP contribution in [0.2, 0.25) is 0 Å². The fourth-order valence-corrected chi connectivity index (χ4v) is 9.90. The Morgan fingerprint density at radius 1 is 0.431 bits per heavy atom. The molecule has 5 rings (SSSR count). The van der Waals surface area contributed by atoms with Gasteiger partial charge in [-0.2, -0.15) is 0 Å². The van der Waals surface area contributed by atoms with Gasteiger partial charge < -0.3 is 21.7 Å². The van der Waals surface area contributed by atoms with E-state index in [0.717, 1.165) is 150 Å². The first kappa shape index (κ1) is 44.4. The minimum absolute atomic E-state index is 0.0226. The standard InChI is InChI=1S/C50H66N2O6/c1-5-9-13-17-21-31(22-18-14-10-6-2)39-40(32(23-19-15-11-7-3)24-20-16-12-8-4)46(48(52)54)45-36(47(51)53)28-25-34-33-26-29-37(49(55)56)42-38(50(57)58)30-27-35(41(33)42)44(39)43(34)45/h25-32H,5-24H2,1-4H3,(H2,51,53)(H2,52,54)(H,55,56)(H,57,58). The zero-order valence-electron chi connectivity index (χ0n) is 35.4. The number of carboxylic acid groups (broad SMARTS) is 2. The molecule has 0 spiro atoms. The van der Waals surface area contributed by atoms with Crippen molar-refractivity contribution in [3.05, 3.63) is 69.8 Å². The third-order valence-electron chi connectivity index (χ3n) is 12.7. The molecule has 0 radical (unpaired) electrons. The Bertz CT molecular complexity index is 2200. The van der Waals surface area contributed by atoms with Crippen molar-refractivity contribution in [1.82, 2.24) is 0 Å². The first-order valence-corrected chi connectivity index (χ1v) is 22.4. The van der Waals surface area contributed by atoms with Crippen LogP contribution in [0.25, 0.3) is 43.1 Å². The number of carboxylic acids is 2. The molecule has 58 heavy (non-hydrogen) atoms. The molecule has 0 aliphatic heterocycles. The fraction of sp³-hybridized carbons (Fsp3) is 0.520. The minimum Gasteiger partial charge on any atom is -0.478 e. The molecule has 5 aromatic carbocycles. The Morgan fingerprint density at radius 3 is 1.22 bits per heavy atom. The summed E-state index contributed by atoms with van der Waals surface area (Å²) in [5.74, 6) is -3.64. The van der Waals surface area contributed by atoms with Crippen LogP contribution in [0.4, 0.5) is 0 Å². The number of fused-ring (bicyclic) bond motifs is 2. The number of primary amides is 2. The summed E-state index contributed by atoms with van der Waals surface area (Å²) in [4.78, 5) is 53.6. The van der Waals surface area contributed by atoms with E-state index in [-0.39, 0.29) is 33.9 Å². The van der Waals surface area contributed by atoms with Crippen LogP contribution in [-0.4, -0.2) is 34.0 Å². The van der Waals surface area contributed by atoms with Crippen molar-refractivity contribution < 1.29 is 29.4 Å². The lowest BCUT2D eigenvalue weighted by atomic mass is 9.71. The van der Waals surface area contributed by atoms with Crippen molar-refractivity contribution in [2.24, 2.45) is 11.5 Å². The SMILES string of the molecule is CCCCCCC(CCCCCC)c1c(C(N)=O)c2c(C(N)=O)ccc3c4ccc(C(=O)O)c5c(C(=O)O)ccc(c(c1C(CCCCCC)CCCCCC)c23)c54. The van der Waals surface area contributed by atoms with E-state index in [1.54, 1.807) is 12.1 Å². The zero-order valence-corrected chi connectivity index (χ0v) is 35.4. The van der Waals surface area contributed by atoms with Crippen LogP contribution in [0.3, 0.4) is 0 Å². The highest BCUT2D eigenvalue weighted by molar-refractivity contribution is 6.39. The molecule has 312 valence electrons. The van der Waals surface area contributed by atoms with E-state index >= 15 is 0 Å². The number of nitrogens with two attached hydrogens (primary N) is 2. The number of hydrogen-bond donors (Lipinski definition) is 4. The molecule has 0 saturated carbocycles. The fourth-order valence-electron chi connectivity index (χ4n) is 9.90. The first-order chi connectivity index (χ1) is 28.0. The van der Waals surface area contributed by atoms with E-state index in [9.17, 15) is 29.4 Å². The second kappa shape index (κ2) is 20.8. The van der Waals surface area contributed by atoms with E-state index in [1.165, 1.54) is 12.1 Å². The van der Waals surface area contributed by atoms with Gasteiger partial charge in [0, 0.05) is 16.3 Å². The Balaban J connectivity index is 2.09. The minimum atomic E-state index is -1.21. The van der Waals surface area contributed by atoms with Gasteiger partial charge in [-0.3, -0.25) is 9.59 Å². The average molecular weight is 791 g/mol. The highest BCUT2D eigenvalue weighted by atomic mass is 16.4. The quantitative estimate of drug-likeness (QED) is 0.0248. The summed E-state index contributed by atoms with van der Waals surface area (Å²) in [6.45, 7) is 8.82. The molecule has 2 amide bonds. The summed E-state index contributed by atoms with van der Waals surface area (Å²) in [6, 6.07) is 10.0. The normalized spacial score (nSPS) is 12.0. The van der Waals surface area contributed by atoms with E-state index in [0.29, 0.717) is 32.5 Å². The molecular formula is C50H66N2O6. The largest absolute Gasteiger partial charge is 0.478 e. The van der Waals surface area contributed by atoms with Crippen molar-refractivity contribution in [2.45, 2.75) is 168 Å². The van der Waals surface area contributed by atoms with Gasteiger partial charge >= 0.3 is 11.9 Å².